The van der Waals surface area contributed by atoms with Gasteiger partial charge in [-0.25, -0.2) is 0 Å². The number of aryl methyl sites for hydroxylation is 1. The Bertz CT molecular complexity index is 590. The van der Waals surface area contributed by atoms with Gasteiger partial charge >= 0.3 is 0 Å². The van der Waals surface area contributed by atoms with Crippen LogP contribution >= 0.6 is 15.9 Å². The Balaban J connectivity index is 2.07. The van der Waals surface area contributed by atoms with Gasteiger partial charge in [0.05, 0.1) is 12.1 Å². The molecule has 0 bridgehead atoms. The highest BCUT2D eigenvalue weighted by Gasteiger charge is 2.49. The number of benzene rings is 1. The molecule has 19 heavy (non-hydrogen) atoms. The largest absolute Gasteiger partial charge is 0.320 e. The maximum Gasteiger partial charge on any atom is 0.143 e. The van der Waals surface area contributed by atoms with Gasteiger partial charge in [-0.3, -0.25) is 4.39 Å². The van der Waals surface area contributed by atoms with Crippen LogP contribution in [0.5, 0.6) is 0 Å². The molecule has 0 saturated heterocycles. The van der Waals surface area contributed by atoms with E-state index in [0.717, 1.165) is 23.1 Å². The van der Waals surface area contributed by atoms with E-state index in [0.29, 0.717) is 0 Å². The minimum absolute atomic E-state index is 0.135. The van der Waals surface area contributed by atoms with E-state index >= 15 is 0 Å². The molecule has 100 valence electrons. The summed E-state index contributed by atoms with van der Waals surface area (Å²) in [6.07, 6.45) is 3.30. The van der Waals surface area contributed by atoms with Gasteiger partial charge in [-0.2, -0.15) is 0 Å². The van der Waals surface area contributed by atoms with Crippen LogP contribution in [-0.2, 0) is 12.5 Å². The molecule has 1 aromatic heterocycles. The molecule has 0 unspecified atom stereocenters. The zero-order valence-electron chi connectivity index (χ0n) is 10.7. The van der Waals surface area contributed by atoms with Gasteiger partial charge in [-0.1, -0.05) is 28.1 Å². The molecule has 1 aliphatic rings. The normalized spacial score (nSPS) is 26.2. The van der Waals surface area contributed by atoms with Crippen molar-refractivity contribution in [1.29, 1.82) is 0 Å². The summed E-state index contributed by atoms with van der Waals surface area (Å²) in [5, 5.41) is 8.24. The number of halogens is 2. The lowest BCUT2D eigenvalue weighted by molar-refractivity contribution is 0.136. The Labute approximate surface area is 120 Å². The minimum atomic E-state index is -0.256. The van der Waals surface area contributed by atoms with Crippen LogP contribution in [-0.4, -0.2) is 21.4 Å². The standard InChI is InChI=1S/C14H15BrFN3/c1-19-9-17-18-13(19)14(6-10(7-14)8-16)11-3-2-4-12(15)5-11/h2-5,9-10H,6-8H2,1H3. The molecule has 5 heteroatoms. The molecule has 0 atom stereocenters. The SMILES string of the molecule is Cn1cnnc1C1(c2cccc(Br)c2)CC(CF)C1. The van der Waals surface area contributed by atoms with Crippen LogP contribution in [0.15, 0.2) is 35.1 Å². The predicted octanol–water partition coefficient (Wildman–Crippen LogP) is 3.24. The highest BCUT2D eigenvalue weighted by molar-refractivity contribution is 9.10. The van der Waals surface area contributed by atoms with Crippen LogP contribution in [0, 0.1) is 5.92 Å². The molecular weight excluding hydrogens is 309 g/mol. The number of nitrogens with zero attached hydrogens (tertiary/aromatic N) is 3. The van der Waals surface area contributed by atoms with Gasteiger partial charge in [0, 0.05) is 11.5 Å². The molecule has 0 spiro atoms. The lowest BCUT2D eigenvalue weighted by Crippen LogP contribution is -2.45. The summed E-state index contributed by atoms with van der Waals surface area (Å²) in [4.78, 5) is 0. The van der Waals surface area contributed by atoms with Crippen molar-refractivity contribution in [1.82, 2.24) is 14.8 Å². The van der Waals surface area contributed by atoms with Crippen LogP contribution in [0.1, 0.15) is 24.2 Å². The molecule has 0 radical (unpaired) electrons. The minimum Gasteiger partial charge on any atom is -0.320 e. The van der Waals surface area contributed by atoms with E-state index in [4.69, 9.17) is 0 Å². The zero-order chi connectivity index (χ0) is 13.5. The summed E-state index contributed by atoms with van der Waals surface area (Å²) in [6, 6.07) is 8.20. The van der Waals surface area contributed by atoms with Crippen LogP contribution < -0.4 is 0 Å². The van der Waals surface area contributed by atoms with Gasteiger partial charge < -0.3 is 4.57 Å². The van der Waals surface area contributed by atoms with E-state index in [2.05, 4.69) is 38.3 Å². The van der Waals surface area contributed by atoms with E-state index in [9.17, 15) is 4.39 Å². The fraction of sp³-hybridized carbons (Fsp3) is 0.429. The molecule has 0 N–H and O–H groups in total. The van der Waals surface area contributed by atoms with Crippen molar-refractivity contribution in [3.05, 3.63) is 46.5 Å². The van der Waals surface area contributed by atoms with Crippen LogP contribution in [0.4, 0.5) is 4.39 Å². The Morgan fingerprint density at radius 3 is 2.84 bits per heavy atom. The monoisotopic (exact) mass is 323 g/mol. The van der Waals surface area contributed by atoms with Crippen molar-refractivity contribution in [3.63, 3.8) is 0 Å². The van der Waals surface area contributed by atoms with E-state index < -0.39 is 0 Å². The van der Waals surface area contributed by atoms with E-state index in [1.807, 2.05) is 23.7 Å². The molecule has 2 aromatic rings. The van der Waals surface area contributed by atoms with E-state index in [1.165, 1.54) is 5.56 Å². The Morgan fingerprint density at radius 2 is 2.26 bits per heavy atom. The molecule has 0 amide bonds. The van der Waals surface area contributed by atoms with Crippen molar-refractivity contribution in [2.75, 3.05) is 6.67 Å². The van der Waals surface area contributed by atoms with Gasteiger partial charge in [0.15, 0.2) is 0 Å². The van der Waals surface area contributed by atoms with Crippen LogP contribution in [0.2, 0.25) is 0 Å². The van der Waals surface area contributed by atoms with Crippen molar-refractivity contribution in [3.8, 4) is 0 Å². The summed E-state index contributed by atoms with van der Waals surface area (Å²) in [5.74, 6) is 1.06. The third-order valence-corrected chi connectivity index (χ3v) is 4.50. The summed E-state index contributed by atoms with van der Waals surface area (Å²) in [5.41, 5.74) is 0.994. The molecule has 0 aliphatic heterocycles. The van der Waals surface area contributed by atoms with E-state index in [1.54, 1.807) is 6.33 Å². The maximum atomic E-state index is 12.9. The fourth-order valence-corrected chi connectivity index (χ4v) is 3.48. The average molecular weight is 324 g/mol. The molecule has 3 nitrogen and oxygen atoms in total. The predicted molar refractivity (Wildman–Crippen MR) is 74.6 cm³/mol. The van der Waals surface area contributed by atoms with Crippen LogP contribution in [0.25, 0.3) is 0 Å². The molecule has 1 heterocycles. The second kappa shape index (κ2) is 4.71. The van der Waals surface area contributed by atoms with Crippen molar-refractivity contribution in [2.45, 2.75) is 18.3 Å². The Morgan fingerprint density at radius 1 is 1.47 bits per heavy atom. The van der Waals surface area contributed by atoms with Gasteiger partial charge in [-0.15, -0.1) is 10.2 Å². The lowest BCUT2D eigenvalue weighted by Gasteiger charge is -2.46. The summed E-state index contributed by atoms with van der Waals surface area (Å²) in [6.45, 7) is -0.256. The number of aromatic nitrogens is 3. The van der Waals surface area contributed by atoms with Gasteiger partial charge in [0.25, 0.3) is 0 Å². The first-order valence-corrected chi connectivity index (χ1v) is 7.11. The number of hydrogen-bond acceptors (Lipinski definition) is 2. The summed E-state index contributed by atoms with van der Waals surface area (Å²) < 4.78 is 15.8. The Kier molecular flexibility index (Phi) is 3.17. The lowest BCUT2D eigenvalue weighted by atomic mass is 9.58. The van der Waals surface area contributed by atoms with E-state index in [-0.39, 0.29) is 18.0 Å². The fourth-order valence-electron chi connectivity index (χ4n) is 3.08. The van der Waals surface area contributed by atoms with Gasteiger partial charge in [0.1, 0.15) is 12.2 Å². The molecule has 1 aromatic carbocycles. The molecule has 1 fully saturated rings. The molecule has 1 saturated carbocycles. The third-order valence-electron chi connectivity index (χ3n) is 4.01. The highest BCUT2D eigenvalue weighted by atomic mass is 79.9. The third kappa shape index (κ3) is 2.00. The zero-order valence-corrected chi connectivity index (χ0v) is 12.3. The quantitative estimate of drug-likeness (QED) is 0.868. The highest BCUT2D eigenvalue weighted by Crippen LogP contribution is 2.51. The maximum absolute atomic E-state index is 12.9. The average Bonchev–Trinajstić information content (AvgIpc) is 2.76. The van der Waals surface area contributed by atoms with Gasteiger partial charge in [0.2, 0.25) is 0 Å². The number of hydrogen-bond donors (Lipinski definition) is 0. The summed E-state index contributed by atoms with van der Waals surface area (Å²) >= 11 is 3.50. The topological polar surface area (TPSA) is 30.7 Å². The number of rotatable bonds is 3. The second-order valence-corrected chi connectivity index (χ2v) is 6.20. The van der Waals surface area contributed by atoms with Gasteiger partial charge in [-0.05, 0) is 36.5 Å². The molecule has 1 aliphatic carbocycles. The van der Waals surface area contributed by atoms with Crippen molar-refractivity contribution < 1.29 is 4.39 Å². The molecule has 3 rings (SSSR count). The smallest absolute Gasteiger partial charge is 0.143 e. The van der Waals surface area contributed by atoms with Crippen LogP contribution in [0.3, 0.4) is 0 Å². The van der Waals surface area contributed by atoms with Crippen molar-refractivity contribution >= 4 is 15.9 Å². The number of alkyl halides is 1. The van der Waals surface area contributed by atoms with Crippen molar-refractivity contribution in [2.24, 2.45) is 13.0 Å². The second-order valence-electron chi connectivity index (χ2n) is 5.29. The first-order chi connectivity index (χ1) is 9.15. The first-order valence-electron chi connectivity index (χ1n) is 6.32. The Hall–Kier alpha value is -1.23. The summed E-state index contributed by atoms with van der Waals surface area (Å²) in [7, 11) is 1.94. The first kappa shape index (κ1) is 12.8. The molecular formula is C14H15BrFN3.